The summed E-state index contributed by atoms with van der Waals surface area (Å²) in [5.74, 6) is 1.36. The summed E-state index contributed by atoms with van der Waals surface area (Å²) in [6.07, 6.45) is 3.62. The van der Waals surface area contributed by atoms with E-state index in [-0.39, 0.29) is 12.4 Å². The molecule has 0 amide bonds. The molecule has 0 aromatic rings. The summed E-state index contributed by atoms with van der Waals surface area (Å²) >= 11 is 0. The van der Waals surface area contributed by atoms with Crippen LogP contribution in [0, 0.1) is 5.92 Å². The van der Waals surface area contributed by atoms with Gasteiger partial charge in [-0.25, -0.2) is 12.7 Å². The molecular weight excluding hydrogens is 316 g/mol. The van der Waals surface area contributed by atoms with Gasteiger partial charge in [-0.1, -0.05) is 13.3 Å². The van der Waals surface area contributed by atoms with Crippen LogP contribution in [0.4, 0.5) is 0 Å². The average Bonchev–Trinajstić information content (AvgIpc) is 2.84. The van der Waals surface area contributed by atoms with Gasteiger partial charge in [-0.15, -0.1) is 0 Å². The number of aliphatic imine (C=N–C) groups is 1. The Bertz CT molecular complexity index is 448. The maximum Gasteiger partial charge on any atom is 0.214 e. The zero-order chi connectivity index (χ0) is 17.1. The number of hydrogen-bond donors (Lipinski definition) is 3. The van der Waals surface area contributed by atoms with E-state index in [1.807, 2.05) is 6.92 Å². The van der Waals surface area contributed by atoms with Crippen molar-refractivity contribution in [3.63, 3.8) is 0 Å². The summed E-state index contributed by atoms with van der Waals surface area (Å²) in [5, 5.41) is 15.5. The molecule has 23 heavy (non-hydrogen) atoms. The van der Waals surface area contributed by atoms with E-state index in [1.165, 1.54) is 4.31 Å². The molecule has 0 saturated carbocycles. The van der Waals surface area contributed by atoms with Gasteiger partial charge in [0.15, 0.2) is 5.96 Å². The molecule has 0 aromatic heterocycles. The van der Waals surface area contributed by atoms with Crippen LogP contribution in [0.5, 0.6) is 0 Å². The lowest BCUT2D eigenvalue weighted by atomic mass is 10.0. The number of guanidine groups is 1. The van der Waals surface area contributed by atoms with Crippen LogP contribution < -0.4 is 10.6 Å². The largest absolute Gasteiger partial charge is 0.396 e. The Morgan fingerprint density at radius 1 is 1.30 bits per heavy atom. The molecule has 0 radical (unpaired) electrons. The van der Waals surface area contributed by atoms with Crippen molar-refractivity contribution in [1.29, 1.82) is 0 Å². The second-order valence-corrected chi connectivity index (χ2v) is 7.97. The van der Waals surface area contributed by atoms with Gasteiger partial charge >= 0.3 is 0 Å². The first-order valence-electron chi connectivity index (χ1n) is 8.64. The summed E-state index contributed by atoms with van der Waals surface area (Å²) in [6, 6.07) is 0. The molecule has 7 nitrogen and oxygen atoms in total. The topological polar surface area (TPSA) is 94.0 Å². The Hall–Kier alpha value is -0.860. The van der Waals surface area contributed by atoms with E-state index in [1.54, 1.807) is 0 Å². The van der Waals surface area contributed by atoms with Crippen LogP contribution in [-0.4, -0.2) is 68.9 Å². The summed E-state index contributed by atoms with van der Waals surface area (Å²) in [6.45, 7) is 7.39. The third kappa shape index (κ3) is 7.50. The third-order valence-corrected chi connectivity index (χ3v) is 5.90. The number of sulfonamides is 1. The highest BCUT2D eigenvalue weighted by molar-refractivity contribution is 7.89. The molecule has 1 saturated heterocycles. The van der Waals surface area contributed by atoms with E-state index < -0.39 is 10.0 Å². The minimum atomic E-state index is -3.03. The maximum atomic E-state index is 11.8. The standard InChI is InChI=1S/C15H32N4O3S/c1-3-6-14(7-11-20)13-18-15(16-4-2)17-8-10-19-9-5-12-23(19,21)22/h14,20H,3-13H2,1-2H3,(H2,16,17,18). The maximum absolute atomic E-state index is 11.8. The molecule has 0 aliphatic carbocycles. The van der Waals surface area contributed by atoms with Crippen molar-refractivity contribution in [3.05, 3.63) is 0 Å². The van der Waals surface area contributed by atoms with Gasteiger partial charge in [0.2, 0.25) is 10.0 Å². The summed E-state index contributed by atoms with van der Waals surface area (Å²) in [4.78, 5) is 4.57. The molecule has 1 rings (SSSR count). The molecule has 8 heteroatoms. The van der Waals surface area contributed by atoms with Crippen LogP contribution in [0.1, 0.15) is 39.5 Å². The SMILES string of the molecule is CCCC(CCO)CN=C(NCC)NCCN1CCCS1(=O)=O. The first-order chi connectivity index (χ1) is 11.0. The lowest BCUT2D eigenvalue weighted by Crippen LogP contribution is -2.42. The van der Waals surface area contributed by atoms with Gasteiger partial charge in [0, 0.05) is 39.3 Å². The Morgan fingerprint density at radius 2 is 2.09 bits per heavy atom. The van der Waals surface area contributed by atoms with Gasteiger partial charge in [0.1, 0.15) is 0 Å². The van der Waals surface area contributed by atoms with Crippen LogP contribution in [-0.2, 0) is 10.0 Å². The van der Waals surface area contributed by atoms with Crippen molar-refractivity contribution in [1.82, 2.24) is 14.9 Å². The van der Waals surface area contributed by atoms with Gasteiger partial charge in [0.05, 0.1) is 5.75 Å². The van der Waals surface area contributed by atoms with Gasteiger partial charge in [-0.3, -0.25) is 4.99 Å². The van der Waals surface area contributed by atoms with Crippen molar-refractivity contribution >= 4 is 16.0 Å². The second-order valence-electron chi connectivity index (χ2n) is 5.88. The highest BCUT2D eigenvalue weighted by atomic mass is 32.2. The molecule has 1 unspecified atom stereocenters. The Kier molecular flexibility index (Phi) is 9.50. The van der Waals surface area contributed by atoms with Crippen LogP contribution >= 0.6 is 0 Å². The second kappa shape index (κ2) is 10.8. The van der Waals surface area contributed by atoms with Crippen molar-refractivity contribution in [2.75, 3.05) is 45.1 Å². The molecule has 1 fully saturated rings. The first-order valence-corrected chi connectivity index (χ1v) is 10.2. The van der Waals surface area contributed by atoms with Crippen molar-refractivity contribution in [2.45, 2.75) is 39.5 Å². The molecule has 3 N–H and O–H groups in total. The predicted octanol–water partition coefficient (Wildman–Crippen LogP) is 0.376. The first kappa shape index (κ1) is 20.2. The molecule has 1 aliphatic rings. The number of aliphatic hydroxyl groups excluding tert-OH is 1. The van der Waals surface area contributed by atoms with E-state index in [9.17, 15) is 8.42 Å². The predicted molar refractivity (Wildman–Crippen MR) is 94.1 cm³/mol. The molecule has 1 aliphatic heterocycles. The molecular formula is C15H32N4O3S. The van der Waals surface area contributed by atoms with Crippen LogP contribution in [0.15, 0.2) is 4.99 Å². The molecule has 0 aromatic carbocycles. The lowest BCUT2D eigenvalue weighted by molar-refractivity contribution is 0.253. The summed E-state index contributed by atoms with van der Waals surface area (Å²) in [7, 11) is -3.03. The Balaban J connectivity index is 2.45. The summed E-state index contributed by atoms with van der Waals surface area (Å²) in [5.41, 5.74) is 0. The van der Waals surface area contributed by atoms with E-state index in [0.29, 0.717) is 38.1 Å². The van der Waals surface area contributed by atoms with E-state index in [0.717, 1.165) is 32.2 Å². The normalized spacial score (nSPS) is 19.7. The molecule has 136 valence electrons. The number of aliphatic hydroxyl groups is 1. The van der Waals surface area contributed by atoms with Crippen molar-refractivity contribution < 1.29 is 13.5 Å². The van der Waals surface area contributed by atoms with Crippen molar-refractivity contribution in [3.8, 4) is 0 Å². The monoisotopic (exact) mass is 348 g/mol. The quantitative estimate of drug-likeness (QED) is 0.392. The fourth-order valence-corrected chi connectivity index (χ4v) is 4.25. The van der Waals surface area contributed by atoms with Gasteiger partial charge < -0.3 is 15.7 Å². The molecule has 0 spiro atoms. The zero-order valence-corrected chi connectivity index (χ0v) is 15.2. The molecule has 1 heterocycles. The average molecular weight is 349 g/mol. The minimum absolute atomic E-state index is 0.191. The number of nitrogens with one attached hydrogen (secondary N) is 2. The molecule has 1 atom stereocenters. The third-order valence-electron chi connectivity index (χ3n) is 3.94. The fourth-order valence-electron chi connectivity index (χ4n) is 2.72. The van der Waals surface area contributed by atoms with E-state index >= 15 is 0 Å². The van der Waals surface area contributed by atoms with E-state index in [4.69, 9.17) is 5.11 Å². The molecule has 0 bridgehead atoms. The minimum Gasteiger partial charge on any atom is -0.396 e. The highest BCUT2D eigenvalue weighted by Gasteiger charge is 2.27. The summed E-state index contributed by atoms with van der Waals surface area (Å²) < 4.78 is 25.0. The lowest BCUT2D eigenvalue weighted by Gasteiger charge is -2.17. The number of hydrogen-bond acceptors (Lipinski definition) is 4. The van der Waals surface area contributed by atoms with Gasteiger partial charge in [-0.2, -0.15) is 0 Å². The van der Waals surface area contributed by atoms with Crippen LogP contribution in [0.25, 0.3) is 0 Å². The van der Waals surface area contributed by atoms with Gasteiger partial charge in [-0.05, 0) is 32.1 Å². The Labute approximate surface area is 140 Å². The number of rotatable bonds is 10. The fraction of sp³-hybridized carbons (Fsp3) is 0.933. The van der Waals surface area contributed by atoms with E-state index in [2.05, 4.69) is 22.5 Å². The zero-order valence-electron chi connectivity index (χ0n) is 14.4. The smallest absolute Gasteiger partial charge is 0.214 e. The number of nitrogens with zero attached hydrogens (tertiary/aromatic N) is 2. The highest BCUT2D eigenvalue weighted by Crippen LogP contribution is 2.12. The van der Waals surface area contributed by atoms with Crippen molar-refractivity contribution in [2.24, 2.45) is 10.9 Å². The van der Waals surface area contributed by atoms with Gasteiger partial charge in [0.25, 0.3) is 0 Å². The van der Waals surface area contributed by atoms with Crippen LogP contribution in [0.3, 0.4) is 0 Å². The van der Waals surface area contributed by atoms with Crippen LogP contribution in [0.2, 0.25) is 0 Å². The Morgan fingerprint density at radius 3 is 2.65 bits per heavy atom.